The fraction of sp³-hybridized carbons (Fsp3) is 0.500. The van der Waals surface area contributed by atoms with Crippen LogP contribution in [0.4, 0.5) is 0 Å². The summed E-state index contributed by atoms with van der Waals surface area (Å²) in [5, 5.41) is 26.1. The van der Waals surface area contributed by atoms with Gasteiger partial charge in [-0.25, -0.2) is 14.8 Å². The molecule has 2 heterocycles. The van der Waals surface area contributed by atoms with Gasteiger partial charge in [-0.3, -0.25) is 14.4 Å². The first-order chi connectivity index (χ1) is 16.7. The molecule has 3 amide bonds. The van der Waals surface area contributed by atoms with Gasteiger partial charge in [0, 0.05) is 36.6 Å². The molecule has 192 valence electrons. The van der Waals surface area contributed by atoms with Crippen LogP contribution >= 0.6 is 11.8 Å². The van der Waals surface area contributed by atoms with Crippen molar-refractivity contribution in [1.29, 1.82) is 0 Å². The lowest BCUT2D eigenvalue weighted by Crippen LogP contribution is -2.58. The van der Waals surface area contributed by atoms with Crippen LogP contribution in [0, 0.1) is 0 Å². The number of nitrogens with two attached hydrogens (primary N) is 1. The average Bonchev–Trinajstić information content (AvgIpc) is 3.54. The number of hydrogen-bond acceptors (Lipinski definition) is 9. The number of aromatic amines is 2. The van der Waals surface area contributed by atoms with E-state index in [2.05, 4.69) is 35.9 Å². The number of aliphatic carboxylic acids is 1. The highest BCUT2D eigenvalue weighted by Gasteiger charge is 2.31. The lowest BCUT2D eigenvalue weighted by molar-refractivity contribution is -0.142. The number of thioether (sulfide) groups is 1. The third-order valence-electron chi connectivity index (χ3n) is 4.98. The monoisotopic (exact) mass is 510 g/mol. The molecule has 0 fully saturated rings. The van der Waals surface area contributed by atoms with Gasteiger partial charge in [-0.1, -0.05) is 0 Å². The van der Waals surface area contributed by atoms with Crippen molar-refractivity contribution in [2.75, 3.05) is 18.6 Å². The molecule has 15 heteroatoms. The first-order valence-corrected chi connectivity index (χ1v) is 12.1. The number of carbonyl (C=O) groups excluding carboxylic acids is 3. The molecule has 0 aliphatic heterocycles. The van der Waals surface area contributed by atoms with Crippen LogP contribution in [0.1, 0.15) is 17.8 Å². The molecule has 0 saturated heterocycles. The topological polar surface area (TPSA) is 228 Å². The number of hydrogen-bond donors (Lipinski definition) is 8. The number of carboxylic acids is 1. The molecule has 4 unspecified atom stereocenters. The number of H-pyrrole nitrogens is 2. The zero-order valence-corrected chi connectivity index (χ0v) is 19.9. The maximum Gasteiger partial charge on any atom is 0.326 e. The zero-order chi connectivity index (χ0) is 25.8. The second kappa shape index (κ2) is 14.1. The number of rotatable bonds is 15. The van der Waals surface area contributed by atoms with Crippen molar-refractivity contribution < 1.29 is 29.4 Å². The lowest BCUT2D eigenvalue weighted by Gasteiger charge is -2.24. The number of aromatic nitrogens is 4. The molecule has 0 aliphatic rings. The Hall–Kier alpha value is -3.43. The zero-order valence-electron chi connectivity index (χ0n) is 19.1. The summed E-state index contributed by atoms with van der Waals surface area (Å²) in [6, 6.07) is -4.72. The van der Waals surface area contributed by atoms with Gasteiger partial charge in [-0.2, -0.15) is 11.8 Å². The Balaban J connectivity index is 2.21. The van der Waals surface area contributed by atoms with Crippen LogP contribution in [-0.4, -0.2) is 96.6 Å². The van der Waals surface area contributed by atoms with Crippen LogP contribution < -0.4 is 21.7 Å². The number of carboxylic acid groups (broad SMARTS) is 1. The van der Waals surface area contributed by atoms with Gasteiger partial charge >= 0.3 is 5.97 Å². The molecule has 2 rings (SSSR count). The molecule has 0 spiro atoms. The Morgan fingerprint density at radius 3 is 1.83 bits per heavy atom. The lowest BCUT2D eigenvalue weighted by atomic mass is 10.1. The van der Waals surface area contributed by atoms with Gasteiger partial charge in [0.15, 0.2) is 0 Å². The van der Waals surface area contributed by atoms with E-state index < -0.39 is 54.5 Å². The van der Waals surface area contributed by atoms with Crippen LogP contribution in [0.5, 0.6) is 0 Å². The predicted molar refractivity (Wildman–Crippen MR) is 126 cm³/mol. The number of aliphatic hydroxyl groups excluding tert-OH is 1. The van der Waals surface area contributed by atoms with Gasteiger partial charge in [-0.15, -0.1) is 0 Å². The summed E-state index contributed by atoms with van der Waals surface area (Å²) < 4.78 is 0. The molecule has 0 aliphatic carbocycles. The van der Waals surface area contributed by atoms with E-state index in [1.807, 2.05) is 6.26 Å². The minimum Gasteiger partial charge on any atom is -0.480 e. The Kier molecular flexibility index (Phi) is 11.2. The largest absolute Gasteiger partial charge is 0.480 e. The van der Waals surface area contributed by atoms with E-state index in [9.17, 15) is 24.3 Å². The number of imidazole rings is 2. The third kappa shape index (κ3) is 9.03. The predicted octanol–water partition coefficient (Wildman–Crippen LogP) is -2.47. The summed E-state index contributed by atoms with van der Waals surface area (Å²) in [5.41, 5.74) is 6.61. The van der Waals surface area contributed by atoms with Gasteiger partial charge in [0.05, 0.1) is 19.3 Å². The van der Waals surface area contributed by atoms with E-state index in [0.29, 0.717) is 17.1 Å². The molecule has 2 aromatic rings. The maximum atomic E-state index is 13.2. The van der Waals surface area contributed by atoms with Crippen LogP contribution in [0.25, 0.3) is 0 Å². The van der Waals surface area contributed by atoms with Crippen molar-refractivity contribution in [3.8, 4) is 0 Å². The number of carbonyl (C=O) groups is 4. The Morgan fingerprint density at radius 1 is 0.943 bits per heavy atom. The van der Waals surface area contributed by atoms with Gasteiger partial charge in [0.2, 0.25) is 17.7 Å². The molecule has 2 aromatic heterocycles. The molecule has 14 nitrogen and oxygen atoms in total. The van der Waals surface area contributed by atoms with Crippen LogP contribution in [0.2, 0.25) is 0 Å². The quantitative estimate of drug-likeness (QED) is 0.126. The van der Waals surface area contributed by atoms with Gasteiger partial charge in [-0.05, 0) is 18.4 Å². The minimum atomic E-state index is -1.25. The van der Waals surface area contributed by atoms with Gasteiger partial charge in [0.1, 0.15) is 24.2 Å². The SMILES string of the molecule is CSCCC(NC(=O)C(Cc1cnc[nH]1)NC(=O)C(Cc1cnc[nH]1)NC(=O)C(N)CO)C(=O)O. The molecule has 0 aromatic carbocycles. The van der Waals surface area contributed by atoms with Crippen molar-refractivity contribution in [3.63, 3.8) is 0 Å². The Bertz CT molecular complexity index is 955. The Labute approximate surface area is 205 Å². The number of nitrogens with zero attached hydrogens (tertiary/aromatic N) is 2. The third-order valence-corrected chi connectivity index (χ3v) is 5.63. The molecule has 0 bridgehead atoms. The van der Waals surface area contributed by atoms with Gasteiger partial charge in [0.25, 0.3) is 0 Å². The smallest absolute Gasteiger partial charge is 0.326 e. The molecule has 9 N–H and O–H groups in total. The van der Waals surface area contributed by atoms with Crippen molar-refractivity contribution in [2.24, 2.45) is 5.73 Å². The summed E-state index contributed by atoms with van der Waals surface area (Å²) in [6.07, 6.45) is 7.76. The summed E-state index contributed by atoms with van der Waals surface area (Å²) in [4.78, 5) is 63.5. The second-order valence-corrected chi connectivity index (χ2v) is 8.64. The summed E-state index contributed by atoms with van der Waals surface area (Å²) in [7, 11) is 0. The molecular weight excluding hydrogens is 480 g/mol. The maximum absolute atomic E-state index is 13.2. The first-order valence-electron chi connectivity index (χ1n) is 10.7. The fourth-order valence-corrected chi connectivity index (χ4v) is 3.52. The highest BCUT2D eigenvalue weighted by atomic mass is 32.2. The van der Waals surface area contributed by atoms with Crippen LogP contribution in [-0.2, 0) is 32.0 Å². The van der Waals surface area contributed by atoms with E-state index >= 15 is 0 Å². The standard InChI is InChI=1S/C20H30N8O6S/c1-35-3-2-14(20(33)34)26-18(31)16(5-12-7-23-10-25-12)28-19(32)15(4-11-6-22-9-24-11)27-17(30)13(21)8-29/h6-7,9-10,13-16,29H,2-5,8,21H2,1H3,(H,22,24)(H,23,25)(H,26,31)(H,27,30)(H,28,32)(H,33,34). The summed E-state index contributed by atoms with van der Waals surface area (Å²) in [6.45, 7) is -0.623. The Morgan fingerprint density at radius 2 is 1.43 bits per heavy atom. The molecule has 4 atom stereocenters. The highest BCUT2D eigenvalue weighted by molar-refractivity contribution is 7.98. The second-order valence-electron chi connectivity index (χ2n) is 7.65. The van der Waals surface area contributed by atoms with E-state index in [1.54, 1.807) is 0 Å². The minimum absolute atomic E-state index is 0.000404. The van der Waals surface area contributed by atoms with Crippen molar-refractivity contribution in [1.82, 2.24) is 35.9 Å². The van der Waals surface area contributed by atoms with Crippen LogP contribution in [0.15, 0.2) is 25.0 Å². The number of aliphatic hydroxyl groups is 1. The fourth-order valence-electron chi connectivity index (χ4n) is 3.05. The van der Waals surface area contributed by atoms with E-state index in [4.69, 9.17) is 10.8 Å². The van der Waals surface area contributed by atoms with E-state index in [0.717, 1.165) is 0 Å². The van der Waals surface area contributed by atoms with Crippen molar-refractivity contribution >= 4 is 35.5 Å². The molecule has 0 radical (unpaired) electrons. The van der Waals surface area contributed by atoms with Gasteiger partial charge < -0.3 is 41.9 Å². The normalized spacial score (nSPS) is 14.4. The molecule has 0 saturated carbocycles. The van der Waals surface area contributed by atoms with E-state index in [-0.39, 0.29) is 19.3 Å². The summed E-state index contributed by atoms with van der Waals surface area (Å²) >= 11 is 1.44. The van der Waals surface area contributed by atoms with Crippen LogP contribution in [0.3, 0.4) is 0 Å². The molecular formula is C20H30N8O6S. The summed E-state index contributed by atoms with van der Waals surface area (Å²) in [5.74, 6) is -2.86. The van der Waals surface area contributed by atoms with E-state index in [1.165, 1.54) is 36.8 Å². The number of amides is 3. The number of nitrogens with one attached hydrogen (secondary N) is 5. The first kappa shape index (κ1) is 27.8. The van der Waals surface area contributed by atoms with Crippen molar-refractivity contribution in [3.05, 3.63) is 36.4 Å². The molecule has 35 heavy (non-hydrogen) atoms. The average molecular weight is 511 g/mol. The highest BCUT2D eigenvalue weighted by Crippen LogP contribution is 2.06. The van der Waals surface area contributed by atoms with Crippen molar-refractivity contribution in [2.45, 2.75) is 43.4 Å².